The Morgan fingerprint density at radius 3 is 2.35 bits per heavy atom. The fourth-order valence-electron chi connectivity index (χ4n) is 9.43. The van der Waals surface area contributed by atoms with Crippen LogP contribution in [0.1, 0.15) is 99.2 Å². The standard InChI is InChI=1S/C49H50N8O6S2/c1-25(23-58)41(22-55-21-37(59)18-40(55)47(62)51-27(3)31-7-13-34(14-8-31)45-28(4)50-24-64-45)56-20-36-17-35(15-16-38(36)48(56)63)32-9-11-33(12-10-32)44-43-26(2)29(5)65-49(43)57-30(6)53-54-46(57)39(52-44)19-42(60)61/h7-17,23-25,27,37,39-41,59H,18-22H2,1-6H3,(H,51,62)(H,60,61)/t25?,27-,37+,39-,40-,41+/m0/s1. The number of hydrogen-bond acceptors (Lipinski definition) is 12. The van der Waals surface area contributed by atoms with Crippen LogP contribution >= 0.6 is 22.7 Å². The lowest BCUT2D eigenvalue weighted by molar-refractivity contribution is -0.137. The average Bonchev–Trinajstić information content (AvgIpc) is 4.11. The molecule has 16 heteroatoms. The number of carboxylic acid groups (broad SMARTS) is 1. The molecule has 0 aliphatic carbocycles. The molecule has 6 atom stereocenters. The third-order valence-corrected chi connectivity index (χ3v) is 15.3. The summed E-state index contributed by atoms with van der Waals surface area (Å²) in [6, 6.07) is 19.6. The van der Waals surface area contributed by atoms with E-state index in [4.69, 9.17) is 4.99 Å². The van der Waals surface area contributed by atoms with Gasteiger partial charge in [0.05, 0.1) is 52.4 Å². The van der Waals surface area contributed by atoms with Crippen molar-refractivity contribution in [1.82, 2.24) is 34.9 Å². The second-order valence-corrected chi connectivity index (χ2v) is 19.5. The normalized spacial score (nSPS) is 19.5. The molecule has 3 N–H and O–H groups in total. The largest absolute Gasteiger partial charge is 0.481 e. The molecule has 6 aromatic rings. The second-order valence-electron chi connectivity index (χ2n) is 17.4. The molecule has 65 heavy (non-hydrogen) atoms. The Hall–Kier alpha value is -6.20. The summed E-state index contributed by atoms with van der Waals surface area (Å²) < 4.78 is 1.94. The molecular formula is C49H50N8O6S2. The Kier molecular flexibility index (Phi) is 12.0. The number of β-amino-alcohol motifs (C(OH)–C–C–N with tert-alkyl or cyclic N) is 1. The monoisotopic (exact) mass is 910 g/mol. The Morgan fingerprint density at radius 2 is 1.66 bits per heavy atom. The molecule has 3 aromatic carbocycles. The number of aromatic nitrogens is 4. The van der Waals surface area contributed by atoms with Crippen molar-refractivity contribution in [3.8, 4) is 26.6 Å². The molecule has 0 radical (unpaired) electrons. The number of aliphatic hydroxyl groups excluding tert-OH is 1. The first-order chi connectivity index (χ1) is 31.2. The molecule has 0 spiro atoms. The summed E-state index contributed by atoms with van der Waals surface area (Å²) in [4.78, 5) is 67.8. The van der Waals surface area contributed by atoms with E-state index in [1.54, 1.807) is 34.5 Å². The van der Waals surface area contributed by atoms with Crippen molar-refractivity contribution in [3.63, 3.8) is 0 Å². The number of benzene rings is 3. The van der Waals surface area contributed by atoms with Crippen LogP contribution in [-0.4, -0.2) is 101 Å². The minimum atomic E-state index is -0.979. The highest BCUT2D eigenvalue weighted by atomic mass is 32.1. The Balaban J connectivity index is 0.923. The van der Waals surface area contributed by atoms with E-state index in [0.29, 0.717) is 22.9 Å². The predicted octanol–water partition coefficient (Wildman–Crippen LogP) is 7.19. The zero-order chi connectivity index (χ0) is 45.8. The molecule has 334 valence electrons. The quantitative estimate of drug-likeness (QED) is 0.100. The summed E-state index contributed by atoms with van der Waals surface area (Å²) in [7, 11) is 0. The fourth-order valence-corrected chi connectivity index (χ4v) is 11.5. The van der Waals surface area contributed by atoms with Gasteiger partial charge in [0.25, 0.3) is 5.91 Å². The van der Waals surface area contributed by atoms with Gasteiger partial charge in [0.1, 0.15) is 23.2 Å². The molecule has 0 bridgehead atoms. The smallest absolute Gasteiger partial charge is 0.306 e. The summed E-state index contributed by atoms with van der Waals surface area (Å²) >= 11 is 3.20. The number of carbonyl (C=O) groups excluding carboxylic acids is 3. The maximum Gasteiger partial charge on any atom is 0.306 e. The first-order valence-corrected chi connectivity index (χ1v) is 23.4. The van der Waals surface area contributed by atoms with E-state index in [2.05, 4.69) is 34.3 Å². The van der Waals surface area contributed by atoms with Gasteiger partial charge in [0.15, 0.2) is 5.82 Å². The number of hydrogen-bond donors (Lipinski definition) is 3. The van der Waals surface area contributed by atoms with E-state index in [1.165, 1.54) is 0 Å². The van der Waals surface area contributed by atoms with Gasteiger partial charge in [0.2, 0.25) is 5.91 Å². The van der Waals surface area contributed by atoms with Crippen LogP contribution in [0, 0.1) is 33.6 Å². The number of amides is 2. The van der Waals surface area contributed by atoms with E-state index in [-0.39, 0.29) is 50.3 Å². The summed E-state index contributed by atoms with van der Waals surface area (Å²) in [6.45, 7) is 12.4. The summed E-state index contributed by atoms with van der Waals surface area (Å²) in [5.41, 5.74) is 11.6. The maximum atomic E-state index is 14.1. The van der Waals surface area contributed by atoms with Gasteiger partial charge in [-0.25, -0.2) is 4.98 Å². The number of aldehydes is 1. The van der Waals surface area contributed by atoms with Crippen molar-refractivity contribution in [3.05, 3.63) is 128 Å². The Morgan fingerprint density at radius 1 is 0.954 bits per heavy atom. The van der Waals surface area contributed by atoms with Crippen LogP contribution in [0.3, 0.4) is 0 Å². The van der Waals surface area contributed by atoms with E-state index in [0.717, 1.165) is 71.2 Å². The Bertz CT molecular complexity index is 2860. The molecule has 1 unspecified atom stereocenters. The number of carboxylic acids is 1. The van der Waals surface area contributed by atoms with Gasteiger partial charge >= 0.3 is 5.97 Å². The predicted molar refractivity (Wildman–Crippen MR) is 250 cm³/mol. The van der Waals surface area contributed by atoms with Crippen LogP contribution in [0.4, 0.5) is 0 Å². The number of nitrogens with one attached hydrogen (secondary N) is 1. The highest BCUT2D eigenvalue weighted by molar-refractivity contribution is 7.15. The zero-order valence-electron chi connectivity index (χ0n) is 37.0. The lowest BCUT2D eigenvalue weighted by Gasteiger charge is -2.35. The van der Waals surface area contributed by atoms with Crippen molar-refractivity contribution in [2.24, 2.45) is 10.9 Å². The number of likely N-dealkylation sites (tertiary alicyclic amines) is 1. The molecule has 14 nitrogen and oxygen atoms in total. The number of aryl methyl sites for hydroxylation is 3. The molecular weight excluding hydrogens is 861 g/mol. The van der Waals surface area contributed by atoms with E-state index < -0.39 is 36.1 Å². The van der Waals surface area contributed by atoms with E-state index in [9.17, 15) is 29.4 Å². The first-order valence-electron chi connectivity index (χ1n) is 21.8. The molecule has 9 rings (SSSR count). The molecule has 3 aliphatic rings. The van der Waals surface area contributed by atoms with Crippen LogP contribution in [0.5, 0.6) is 0 Å². The van der Waals surface area contributed by atoms with Crippen molar-refractivity contribution in [2.75, 3.05) is 13.1 Å². The minimum Gasteiger partial charge on any atom is -0.481 e. The lowest BCUT2D eigenvalue weighted by atomic mass is 9.96. The number of aliphatic carboxylic acids is 1. The molecule has 2 amide bonds. The van der Waals surface area contributed by atoms with Crippen LogP contribution in [0.15, 0.2) is 77.2 Å². The third kappa shape index (κ3) is 8.24. The molecule has 6 heterocycles. The van der Waals surface area contributed by atoms with Crippen molar-refractivity contribution >= 4 is 52.5 Å². The van der Waals surface area contributed by atoms with Crippen molar-refractivity contribution < 1.29 is 29.4 Å². The highest BCUT2D eigenvalue weighted by Gasteiger charge is 2.42. The van der Waals surface area contributed by atoms with Crippen LogP contribution in [-0.2, 0) is 20.9 Å². The molecule has 1 fully saturated rings. The van der Waals surface area contributed by atoms with E-state index in [1.807, 2.05) is 102 Å². The van der Waals surface area contributed by atoms with Crippen LogP contribution < -0.4 is 5.32 Å². The number of nitrogens with zero attached hydrogens (tertiary/aromatic N) is 7. The number of rotatable bonds is 13. The SMILES string of the molecule is Cc1ncsc1-c1ccc([C@H](C)NC(=O)[C@@H]2C[C@@H](O)CN2C[C@H](C(C)C=O)N2Cc3cc(-c4ccc(C5=N[C@@H](CC(=O)O)c6nnc(C)n6-c6sc(C)c(C)c65)cc4)ccc3C2=O)cc1. The third-order valence-electron chi connectivity index (χ3n) is 13.1. The summed E-state index contributed by atoms with van der Waals surface area (Å²) in [5.74, 6) is -0.756. The number of thiophene rings is 1. The molecule has 0 saturated carbocycles. The van der Waals surface area contributed by atoms with Crippen LogP contribution in [0.2, 0.25) is 0 Å². The van der Waals surface area contributed by atoms with Gasteiger partial charge in [-0.3, -0.25) is 28.8 Å². The highest BCUT2D eigenvalue weighted by Crippen LogP contribution is 2.40. The zero-order valence-corrected chi connectivity index (χ0v) is 38.6. The lowest BCUT2D eigenvalue weighted by Crippen LogP contribution is -2.52. The molecule has 3 aromatic heterocycles. The van der Waals surface area contributed by atoms with Gasteiger partial charge in [-0.05, 0) is 86.6 Å². The molecule has 1 saturated heterocycles. The second kappa shape index (κ2) is 17.6. The number of thiazole rings is 1. The Labute approximate surface area is 384 Å². The number of carbonyl (C=O) groups is 4. The van der Waals surface area contributed by atoms with Gasteiger partial charge in [-0.15, -0.1) is 32.9 Å². The van der Waals surface area contributed by atoms with Crippen molar-refractivity contribution in [1.29, 1.82) is 0 Å². The number of aliphatic imine (C=N–C) groups is 1. The minimum absolute atomic E-state index is 0.183. The average molecular weight is 911 g/mol. The van der Waals surface area contributed by atoms with Gasteiger partial charge in [-0.2, -0.15) is 0 Å². The van der Waals surface area contributed by atoms with Crippen molar-refractivity contribution in [2.45, 2.75) is 91.2 Å². The first kappa shape index (κ1) is 44.0. The van der Waals surface area contributed by atoms with Gasteiger partial charge < -0.3 is 25.2 Å². The van der Waals surface area contributed by atoms with E-state index >= 15 is 0 Å². The van der Waals surface area contributed by atoms with Gasteiger partial charge in [0, 0.05) is 47.1 Å². The maximum absolute atomic E-state index is 14.1. The number of aliphatic hydroxyl groups is 1. The molecule has 3 aliphatic heterocycles. The number of fused-ring (bicyclic) bond motifs is 4. The summed E-state index contributed by atoms with van der Waals surface area (Å²) in [5, 5.41) is 33.4. The van der Waals surface area contributed by atoms with Crippen LogP contribution in [0.25, 0.3) is 26.6 Å². The topological polar surface area (TPSA) is 183 Å². The fraction of sp³-hybridized carbons (Fsp3) is 0.347. The van der Waals surface area contributed by atoms with Gasteiger partial charge in [-0.1, -0.05) is 61.5 Å². The summed E-state index contributed by atoms with van der Waals surface area (Å²) in [6.07, 6.45) is 0.129.